The maximum atomic E-state index is 14.1. The SMILES string of the molecule is Cc1ccc(-n2[nH]c(C)c(N=Nc3cc4c(c(-c5ccc(F)c(C(=O)O)c5)c3O)CCCC4)c2=O)cc1C. The number of aromatic hydroxyl groups is 1. The predicted octanol–water partition coefficient (Wildman–Crippen LogP) is 6.59. The number of aryl methyl sites for hydroxylation is 4. The Morgan fingerprint density at radius 1 is 1.00 bits per heavy atom. The number of aromatic nitrogens is 2. The van der Waals surface area contributed by atoms with Crippen molar-refractivity contribution in [3.63, 3.8) is 0 Å². The van der Waals surface area contributed by atoms with Gasteiger partial charge in [0.25, 0.3) is 5.56 Å². The van der Waals surface area contributed by atoms with Gasteiger partial charge in [-0.1, -0.05) is 12.1 Å². The van der Waals surface area contributed by atoms with Crippen LogP contribution >= 0.6 is 0 Å². The number of halogens is 1. The number of nitrogens with zero attached hydrogens (tertiary/aromatic N) is 3. The third-order valence-corrected chi connectivity index (χ3v) is 7.13. The van der Waals surface area contributed by atoms with Crippen LogP contribution in [-0.4, -0.2) is 26.0 Å². The van der Waals surface area contributed by atoms with Gasteiger partial charge >= 0.3 is 5.97 Å². The van der Waals surface area contributed by atoms with Gasteiger partial charge in [-0.05, 0) is 105 Å². The number of phenolic OH excluding ortho intramolecular Hbond substituents is 1. The van der Waals surface area contributed by atoms with Gasteiger partial charge < -0.3 is 10.2 Å². The van der Waals surface area contributed by atoms with Gasteiger partial charge in [0, 0.05) is 5.56 Å². The molecule has 1 heterocycles. The number of benzene rings is 3. The number of carbonyl (C=O) groups is 1. The van der Waals surface area contributed by atoms with Crippen molar-refractivity contribution in [3.05, 3.63) is 92.1 Å². The van der Waals surface area contributed by atoms with Crippen LogP contribution in [0.3, 0.4) is 0 Å². The number of rotatable bonds is 5. The van der Waals surface area contributed by atoms with E-state index in [1.807, 2.05) is 32.0 Å². The fraction of sp³-hybridized carbons (Fsp3) is 0.241. The summed E-state index contributed by atoms with van der Waals surface area (Å²) >= 11 is 0. The Labute approximate surface area is 218 Å². The molecule has 0 radical (unpaired) electrons. The summed E-state index contributed by atoms with van der Waals surface area (Å²) in [7, 11) is 0. The van der Waals surface area contributed by atoms with E-state index in [9.17, 15) is 24.2 Å². The number of azo groups is 1. The van der Waals surface area contributed by atoms with Crippen LogP contribution in [0.4, 0.5) is 15.8 Å². The van der Waals surface area contributed by atoms with Gasteiger partial charge in [-0.2, -0.15) is 0 Å². The Hall–Kier alpha value is -4.53. The van der Waals surface area contributed by atoms with Crippen LogP contribution in [0.2, 0.25) is 0 Å². The molecule has 0 saturated carbocycles. The van der Waals surface area contributed by atoms with Crippen molar-refractivity contribution in [2.45, 2.75) is 46.5 Å². The lowest BCUT2D eigenvalue weighted by Crippen LogP contribution is -2.14. The van der Waals surface area contributed by atoms with Crippen molar-refractivity contribution < 1.29 is 19.4 Å². The first-order chi connectivity index (χ1) is 18.2. The van der Waals surface area contributed by atoms with Gasteiger partial charge in [0.1, 0.15) is 11.5 Å². The van der Waals surface area contributed by atoms with Crippen molar-refractivity contribution in [1.82, 2.24) is 9.78 Å². The first-order valence-corrected chi connectivity index (χ1v) is 12.4. The maximum absolute atomic E-state index is 14.1. The molecule has 0 atom stereocenters. The second-order valence-electron chi connectivity index (χ2n) is 9.66. The Balaban J connectivity index is 1.61. The average molecular weight is 515 g/mol. The van der Waals surface area contributed by atoms with Gasteiger partial charge in [0.15, 0.2) is 11.4 Å². The highest BCUT2D eigenvalue weighted by atomic mass is 19.1. The van der Waals surface area contributed by atoms with E-state index in [1.165, 1.54) is 16.8 Å². The number of aromatic amines is 1. The molecule has 3 aromatic carbocycles. The minimum absolute atomic E-state index is 0.108. The summed E-state index contributed by atoms with van der Waals surface area (Å²) in [6.07, 6.45) is 3.30. The number of fused-ring (bicyclic) bond motifs is 1. The molecule has 5 rings (SSSR count). The molecule has 194 valence electrons. The van der Waals surface area contributed by atoms with E-state index >= 15 is 0 Å². The van der Waals surface area contributed by atoms with E-state index in [1.54, 1.807) is 13.0 Å². The highest BCUT2D eigenvalue weighted by Crippen LogP contribution is 2.45. The summed E-state index contributed by atoms with van der Waals surface area (Å²) in [6.45, 7) is 5.68. The number of hydrogen-bond acceptors (Lipinski definition) is 5. The number of H-pyrrole nitrogens is 1. The Morgan fingerprint density at radius 2 is 1.76 bits per heavy atom. The van der Waals surface area contributed by atoms with E-state index in [4.69, 9.17) is 0 Å². The number of carboxylic acids is 1. The number of carboxylic acid groups (broad SMARTS) is 1. The van der Waals surface area contributed by atoms with Crippen molar-refractivity contribution in [2.75, 3.05) is 0 Å². The molecular formula is C29H27FN4O4. The second-order valence-corrected chi connectivity index (χ2v) is 9.66. The van der Waals surface area contributed by atoms with Crippen molar-refractivity contribution >= 4 is 17.3 Å². The zero-order valence-electron chi connectivity index (χ0n) is 21.3. The molecular weight excluding hydrogens is 487 g/mol. The summed E-state index contributed by atoms with van der Waals surface area (Å²) in [4.78, 5) is 24.7. The van der Waals surface area contributed by atoms with E-state index < -0.39 is 17.3 Å². The zero-order chi connectivity index (χ0) is 27.1. The van der Waals surface area contributed by atoms with Crippen LogP contribution < -0.4 is 5.56 Å². The fourth-order valence-corrected chi connectivity index (χ4v) is 4.92. The van der Waals surface area contributed by atoms with E-state index in [2.05, 4.69) is 15.3 Å². The van der Waals surface area contributed by atoms with Gasteiger partial charge in [-0.15, -0.1) is 10.2 Å². The molecule has 9 heteroatoms. The molecule has 0 bridgehead atoms. The number of nitrogens with one attached hydrogen (secondary N) is 1. The third-order valence-electron chi connectivity index (χ3n) is 7.13. The molecule has 0 saturated heterocycles. The van der Waals surface area contributed by atoms with Crippen LogP contribution in [0.25, 0.3) is 16.8 Å². The summed E-state index contributed by atoms with van der Waals surface area (Å²) in [5, 5.41) is 32.2. The molecule has 0 fully saturated rings. The molecule has 3 N–H and O–H groups in total. The van der Waals surface area contributed by atoms with E-state index in [-0.39, 0.29) is 22.7 Å². The molecule has 38 heavy (non-hydrogen) atoms. The molecule has 0 spiro atoms. The molecule has 1 aromatic heterocycles. The molecule has 1 aliphatic carbocycles. The number of aromatic carboxylic acids is 1. The third kappa shape index (κ3) is 4.40. The van der Waals surface area contributed by atoms with Gasteiger partial charge in [0.2, 0.25) is 0 Å². The van der Waals surface area contributed by atoms with Crippen LogP contribution in [0.15, 0.2) is 57.5 Å². The maximum Gasteiger partial charge on any atom is 0.338 e. The summed E-state index contributed by atoms with van der Waals surface area (Å²) in [5.41, 5.74) is 5.38. The van der Waals surface area contributed by atoms with Crippen LogP contribution in [0.5, 0.6) is 5.75 Å². The normalized spacial score (nSPS) is 13.2. The van der Waals surface area contributed by atoms with Crippen molar-refractivity contribution in [2.24, 2.45) is 10.2 Å². The predicted molar refractivity (Wildman–Crippen MR) is 142 cm³/mol. The standard InChI is InChI=1S/C29H27FN4O4/c1-15-8-10-20(12-16(15)2)34-28(36)26(17(3)33-34)32-31-24-14-18-6-4-5-7-21(18)25(27(24)35)19-9-11-23(30)22(13-19)29(37)38/h8-14,33,35H,4-7H2,1-3H3,(H,37,38). The summed E-state index contributed by atoms with van der Waals surface area (Å²) in [6, 6.07) is 11.2. The molecule has 4 aromatic rings. The quantitative estimate of drug-likeness (QED) is 0.260. The average Bonchev–Trinajstić information content (AvgIpc) is 3.17. The highest BCUT2D eigenvalue weighted by molar-refractivity contribution is 5.91. The lowest BCUT2D eigenvalue weighted by Gasteiger charge is -2.22. The van der Waals surface area contributed by atoms with E-state index in [0.29, 0.717) is 28.9 Å². The largest absolute Gasteiger partial charge is 0.505 e. The lowest BCUT2D eigenvalue weighted by atomic mass is 9.84. The topological polar surface area (TPSA) is 120 Å². The lowest BCUT2D eigenvalue weighted by molar-refractivity contribution is 0.0692. The first-order valence-electron chi connectivity index (χ1n) is 12.4. The summed E-state index contributed by atoms with van der Waals surface area (Å²) < 4.78 is 15.5. The minimum atomic E-state index is -1.39. The molecule has 0 amide bonds. The Bertz CT molecular complexity index is 1680. The Kier molecular flexibility index (Phi) is 6.44. The number of phenols is 1. The van der Waals surface area contributed by atoms with E-state index in [0.717, 1.165) is 47.6 Å². The Morgan fingerprint density at radius 3 is 2.50 bits per heavy atom. The molecule has 0 unspecified atom stereocenters. The first kappa shape index (κ1) is 25.1. The number of hydrogen-bond donors (Lipinski definition) is 3. The van der Waals surface area contributed by atoms with Crippen molar-refractivity contribution in [3.8, 4) is 22.6 Å². The van der Waals surface area contributed by atoms with Gasteiger partial charge in [-0.25, -0.2) is 13.9 Å². The smallest absolute Gasteiger partial charge is 0.338 e. The summed E-state index contributed by atoms with van der Waals surface area (Å²) in [5.74, 6) is -2.44. The molecule has 8 nitrogen and oxygen atoms in total. The molecule has 0 aliphatic heterocycles. The van der Waals surface area contributed by atoms with Crippen molar-refractivity contribution in [1.29, 1.82) is 0 Å². The highest BCUT2D eigenvalue weighted by Gasteiger charge is 2.23. The van der Waals surface area contributed by atoms with Crippen LogP contribution in [0, 0.1) is 26.6 Å². The monoisotopic (exact) mass is 514 g/mol. The minimum Gasteiger partial charge on any atom is -0.505 e. The van der Waals surface area contributed by atoms with Gasteiger partial charge in [-0.3, -0.25) is 9.89 Å². The molecule has 1 aliphatic rings. The fourth-order valence-electron chi connectivity index (χ4n) is 4.92. The van der Waals surface area contributed by atoms with Gasteiger partial charge in [0.05, 0.1) is 16.9 Å². The van der Waals surface area contributed by atoms with Crippen LogP contribution in [-0.2, 0) is 12.8 Å². The zero-order valence-corrected chi connectivity index (χ0v) is 21.3. The van der Waals surface area contributed by atoms with Crippen LogP contribution in [0.1, 0.15) is 51.1 Å². The second kappa shape index (κ2) is 9.74.